The summed E-state index contributed by atoms with van der Waals surface area (Å²) < 4.78 is 9.75. The first-order chi connectivity index (χ1) is 18.6. The number of nitrogens with one attached hydrogen (secondary N) is 2. The van der Waals surface area contributed by atoms with Crippen molar-refractivity contribution in [2.75, 3.05) is 13.1 Å². The Labute approximate surface area is 254 Å². The third-order valence-electron chi connectivity index (χ3n) is 6.65. The molecule has 3 aliphatic rings. The molecule has 0 radical (unpaired) electrons. The molecule has 2 N–H and O–H groups in total. The molecule has 0 bridgehead atoms. The molecule has 0 saturated carbocycles. The monoisotopic (exact) mass is 580 g/mol. The zero-order valence-corrected chi connectivity index (χ0v) is 24.8. The molecule has 0 spiro atoms. The molecule has 5 rings (SSSR count). The van der Waals surface area contributed by atoms with Gasteiger partial charge in [-0.2, -0.15) is 5.10 Å². The summed E-state index contributed by atoms with van der Waals surface area (Å²) in [5.41, 5.74) is 0. The van der Waals surface area contributed by atoms with Gasteiger partial charge in [0.25, 0.3) is 0 Å². The molecule has 16 heteroatoms. The van der Waals surface area contributed by atoms with E-state index in [1.165, 1.54) is 35.4 Å². The number of carbonyl (C=O) groups is 5. The maximum absolute atomic E-state index is 13.0. The number of thioether (sulfide) groups is 1. The van der Waals surface area contributed by atoms with Crippen molar-refractivity contribution in [3.63, 3.8) is 0 Å². The number of imide groups is 1. The molecule has 14 nitrogen and oxygen atoms in total. The van der Waals surface area contributed by atoms with Gasteiger partial charge >= 0.3 is 41.6 Å². The number of amides is 6. The minimum absolute atomic E-state index is 0. The number of urea groups is 2. The van der Waals surface area contributed by atoms with Crippen LogP contribution < -0.4 is 45.3 Å². The van der Waals surface area contributed by atoms with Crippen LogP contribution in [0.4, 0.5) is 9.59 Å². The van der Waals surface area contributed by atoms with Crippen LogP contribution in [0.15, 0.2) is 50.7 Å². The van der Waals surface area contributed by atoms with E-state index in [4.69, 9.17) is 8.83 Å². The average molecular weight is 581 g/mol. The largest absolute Gasteiger partial charge is 1.00 e. The van der Waals surface area contributed by atoms with Gasteiger partial charge in [-0.25, -0.2) is 19.5 Å². The summed E-state index contributed by atoms with van der Waals surface area (Å²) in [6, 6.07) is 2.12. The van der Waals surface area contributed by atoms with Crippen LogP contribution >= 0.6 is 11.8 Å². The number of carboxylic acid groups (broad SMARTS) is 1. The maximum Gasteiger partial charge on any atom is 1.00 e. The SMILES string of the molecule is CC1(C)S[C@@H]2C(NC(=O)CC(NC(=O)N3CCN(/N=C/c4ccco4)C3=O)c3ccco3)C(=O)N2[C@H]1C(=O)[O-].[Na+]. The number of carbonyl (C=O) groups excluding carboxylic acids is 5. The molecule has 4 atom stereocenters. The van der Waals surface area contributed by atoms with Gasteiger partial charge in [-0.15, -0.1) is 11.8 Å². The van der Waals surface area contributed by atoms with Gasteiger partial charge in [0.05, 0.1) is 56.3 Å². The van der Waals surface area contributed by atoms with Gasteiger partial charge in [0.1, 0.15) is 22.9 Å². The van der Waals surface area contributed by atoms with Crippen molar-refractivity contribution in [3.05, 3.63) is 48.3 Å². The second kappa shape index (κ2) is 11.7. The molecule has 6 amide bonds. The first-order valence-electron chi connectivity index (χ1n) is 12.1. The van der Waals surface area contributed by atoms with Crippen LogP contribution in [0, 0.1) is 0 Å². The summed E-state index contributed by atoms with van der Waals surface area (Å²) in [5.74, 6) is -1.72. The predicted octanol–water partition coefficient (Wildman–Crippen LogP) is -2.91. The Morgan fingerprint density at radius 2 is 1.93 bits per heavy atom. The number of rotatable bonds is 8. The van der Waals surface area contributed by atoms with Crippen molar-refractivity contribution in [1.29, 1.82) is 0 Å². The third kappa shape index (κ3) is 5.64. The minimum atomic E-state index is -1.35. The van der Waals surface area contributed by atoms with Gasteiger partial charge in [0, 0.05) is 4.75 Å². The van der Waals surface area contributed by atoms with E-state index in [9.17, 15) is 29.1 Å². The number of furan rings is 2. The van der Waals surface area contributed by atoms with Crippen molar-refractivity contribution in [2.24, 2.45) is 5.10 Å². The number of hydrogen-bond donors (Lipinski definition) is 2. The number of nitrogens with zero attached hydrogens (tertiary/aromatic N) is 4. The van der Waals surface area contributed by atoms with E-state index in [0.29, 0.717) is 5.76 Å². The molecule has 3 aliphatic heterocycles. The van der Waals surface area contributed by atoms with E-state index in [1.54, 1.807) is 38.1 Å². The molecule has 0 aromatic carbocycles. The van der Waals surface area contributed by atoms with E-state index in [-0.39, 0.29) is 54.8 Å². The van der Waals surface area contributed by atoms with Crippen LogP contribution in [0.25, 0.3) is 0 Å². The molecular formula is C24H25N6NaO8S. The molecule has 3 saturated heterocycles. The van der Waals surface area contributed by atoms with Crippen LogP contribution in [0.5, 0.6) is 0 Å². The molecule has 3 fully saturated rings. The Kier molecular flexibility index (Phi) is 8.68. The fourth-order valence-electron chi connectivity index (χ4n) is 4.80. The van der Waals surface area contributed by atoms with Crippen LogP contribution in [0.3, 0.4) is 0 Å². The molecule has 2 unspecified atom stereocenters. The number of fused-ring (bicyclic) bond motifs is 1. The Hall–Kier alpha value is -3.27. The molecule has 0 aliphatic carbocycles. The zero-order valence-electron chi connectivity index (χ0n) is 21.9. The van der Waals surface area contributed by atoms with E-state index in [0.717, 1.165) is 9.91 Å². The van der Waals surface area contributed by atoms with Gasteiger partial charge in [-0.1, -0.05) is 0 Å². The Morgan fingerprint density at radius 1 is 1.20 bits per heavy atom. The fourth-order valence-corrected chi connectivity index (χ4v) is 6.42. The summed E-state index contributed by atoms with van der Waals surface area (Å²) >= 11 is 1.27. The minimum Gasteiger partial charge on any atom is -0.548 e. The van der Waals surface area contributed by atoms with Crippen molar-refractivity contribution < 1.29 is 67.5 Å². The standard InChI is InChI=1S/C24H26N6O8S.Na/c1-24(2)18(21(33)34)30-19(32)17(20(30)39-24)27-16(31)11-14(15-6-4-10-38-15)26-22(35)28-7-8-29(23(28)36)25-12-13-5-3-9-37-13;/h3-6,9-10,12,14,17-18,20H,7-8,11H2,1-2H3,(H,26,35)(H,27,31)(H,33,34);/q;+1/p-1/b25-12+;/t14?,17?,18-,20+;/m0./s1. The second-order valence-electron chi connectivity index (χ2n) is 9.66. The van der Waals surface area contributed by atoms with E-state index >= 15 is 0 Å². The topological polar surface area (TPSA) is 181 Å². The van der Waals surface area contributed by atoms with Gasteiger partial charge < -0.3 is 34.3 Å². The van der Waals surface area contributed by atoms with Gasteiger partial charge in [0.2, 0.25) is 11.8 Å². The number of β-lactam (4-membered cyclic amide) rings is 1. The van der Waals surface area contributed by atoms with Crippen LogP contribution in [-0.4, -0.2) is 86.2 Å². The fraction of sp³-hybridized carbons (Fsp3) is 0.417. The number of hydrogen-bond acceptors (Lipinski definition) is 10. The number of aliphatic carboxylic acids is 1. The first-order valence-corrected chi connectivity index (χ1v) is 13.0. The quantitative estimate of drug-likeness (QED) is 0.188. The zero-order chi connectivity index (χ0) is 27.9. The summed E-state index contributed by atoms with van der Waals surface area (Å²) in [6.45, 7) is 3.64. The molecule has 2 aromatic heterocycles. The maximum atomic E-state index is 13.0. The molecule has 2 aromatic rings. The predicted molar refractivity (Wildman–Crippen MR) is 133 cm³/mol. The smallest absolute Gasteiger partial charge is 0.548 e. The summed E-state index contributed by atoms with van der Waals surface area (Å²) in [6.07, 6.45) is 3.91. The van der Waals surface area contributed by atoms with Crippen LogP contribution in [-0.2, 0) is 14.4 Å². The van der Waals surface area contributed by atoms with Crippen molar-refractivity contribution in [2.45, 2.75) is 48.5 Å². The summed E-state index contributed by atoms with van der Waals surface area (Å²) in [7, 11) is 0. The molecule has 5 heterocycles. The van der Waals surface area contributed by atoms with Gasteiger partial charge in [0.15, 0.2) is 0 Å². The normalized spacial score (nSPS) is 23.9. The third-order valence-corrected chi connectivity index (χ3v) is 8.23. The van der Waals surface area contributed by atoms with Crippen LogP contribution in [0.2, 0.25) is 0 Å². The number of carboxylic acids is 1. The average Bonchev–Trinajstić information content (AvgIpc) is 3.67. The van der Waals surface area contributed by atoms with Gasteiger partial charge in [-0.3, -0.25) is 9.59 Å². The Morgan fingerprint density at radius 3 is 2.58 bits per heavy atom. The summed E-state index contributed by atoms with van der Waals surface area (Å²) in [4.78, 5) is 65.1. The first kappa shape index (κ1) is 29.7. The van der Waals surface area contributed by atoms with E-state index < -0.39 is 58.1 Å². The van der Waals surface area contributed by atoms with Crippen molar-refractivity contribution >= 4 is 47.8 Å². The van der Waals surface area contributed by atoms with Crippen molar-refractivity contribution in [1.82, 2.24) is 25.4 Å². The summed E-state index contributed by atoms with van der Waals surface area (Å²) in [5, 5.41) is 21.5. The Balaban J connectivity index is 0.00000370. The second-order valence-corrected chi connectivity index (χ2v) is 11.4. The molecule has 40 heavy (non-hydrogen) atoms. The van der Waals surface area contributed by atoms with Crippen molar-refractivity contribution in [3.8, 4) is 0 Å². The molecule has 206 valence electrons. The van der Waals surface area contributed by atoms with Gasteiger partial charge in [-0.05, 0) is 38.1 Å². The molecular weight excluding hydrogens is 555 g/mol. The van der Waals surface area contributed by atoms with E-state index in [1.807, 2.05) is 0 Å². The Bertz CT molecular complexity index is 1320. The van der Waals surface area contributed by atoms with Crippen LogP contribution in [0.1, 0.15) is 37.8 Å². The van der Waals surface area contributed by atoms with E-state index in [2.05, 4.69) is 15.7 Å². The number of hydrazone groups is 1.